The highest BCUT2D eigenvalue weighted by atomic mass is 35.5. The molecule has 0 saturated carbocycles. The Hall–Kier alpha value is -2.08. The molecular weight excluding hydrogens is 373 g/mol. The first-order valence-electron chi connectivity index (χ1n) is 8.17. The molecule has 3 heterocycles. The van der Waals surface area contributed by atoms with Crippen LogP contribution < -0.4 is 10.6 Å². The van der Waals surface area contributed by atoms with E-state index in [0.29, 0.717) is 23.4 Å². The van der Waals surface area contributed by atoms with E-state index in [1.165, 1.54) is 11.1 Å². The van der Waals surface area contributed by atoms with Gasteiger partial charge in [0, 0.05) is 24.3 Å². The molecule has 1 aliphatic heterocycles. The number of hydrogen-bond donors (Lipinski definition) is 2. The Bertz CT molecular complexity index is 911. The SMILES string of the molecule is Cc1ccc2oc(C(=O)NCC3NCCc4ccccc43)cc2n1.Cl.Cl. The Kier molecular flexibility index (Phi) is 6.64. The van der Waals surface area contributed by atoms with Gasteiger partial charge in [0.15, 0.2) is 11.3 Å². The Balaban J connectivity index is 0.00000121. The van der Waals surface area contributed by atoms with Gasteiger partial charge in [0.25, 0.3) is 5.91 Å². The molecule has 0 spiro atoms. The normalized spacial score (nSPS) is 15.5. The summed E-state index contributed by atoms with van der Waals surface area (Å²) < 4.78 is 5.60. The minimum absolute atomic E-state index is 0. The van der Waals surface area contributed by atoms with Crippen LogP contribution in [0.5, 0.6) is 0 Å². The Morgan fingerprint density at radius 1 is 1.27 bits per heavy atom. The molecule has 1 atom stereocenters. The quantitative estimate of drug-likeness (QED) is 0.713. The second kappa shape index (κ2) is 8.54. The molecule has 0 fully saturated rings. The molecule has 1 amide bonds. The van der Waals surface area contributed by atoms with Gasteiger partial charge in [-0.15, -0.1) is 24.8 Å². The zero-order chi connectivity index (χ0) is 16.5. The van der Waals surface area contributed by atoms with Gasteiger partial charge < -0.3 is 15.1 Å². The van der Waals surface area contributed by atoms with E-state index in [1.54, 1.807) is 6.07 Å². The van der Waals surface area contributed by atoms with Gasteiger partial charge in [-0.05, 0) is 43.1 Å². The average molecular weight is 394 g/mol. The highest BCUT2D eigenvalue weighted by molar-refractivity contribution is 5.95. The first kappa shape index (κ1) is 20.2. The van der Waals surface area contributed by atoms with Gasteiger partial charge in [-0.1, -0.05) is 24.3 Å². The maximum Gasteiger partial charge on any atom is 0.287 e. The predicted octanol–water partition coefficient (Wildman–Crippen LogP) is 3.60. The van der Waals surface area contributed by atoms with Crippen LogP contribution in [0.3, 0.4) is 0 Å². The first-order chi connectivity index (χ1) is 11.7. The highest BCUT2D eigenvalue weighted by Gasteiger charge is 2.21. The third-order valence-corrected chi connectivity index (χ3v) is 4.42. The summed E-state index contributed by atoms with van der Waals surface area (Å²) in [4.78, 5) is 16.8. The van der Waals surface area contributed by atoms with Crippen molar-refractivity contribution < 1.29 is 9.21 Å². The van der Waals surface area contributed by atoms with Crippen molar-refractivity contribution in [3.05, 3.63) is 65.0 Å². The van der Waals surface area contributed by atoms with Crippen LogP contribution in [-0.2, 0) is 6.42 Å². The summed E-state index contributed by atoms with van der Waals surface area (Å²) in [5.74, 6) is 0.0858. The molecule has 138 valence electrons. The number of nitrogens with zero attached hydrogens (tertiary/aromatic N) is 1. The van der Waals surface area contributed by atoms with Crippen LogP contribution in [0.4, 0.5) is 0 Å². The number of halogens is 2. The van der Waals surface area contributed by atoms with Crippen molar-refractivity contribution in [1.29, 1.82) is 0 Å². The van der Waals surface area contributed by atoms with Crippen LogP contribution in [0.2, 0.25) is 0 Å². The molecule has 0 aliphatic carbocycles. The lowest BCUT2D eigenvalue weighted by Gasteiger charge is -2.26. The number of benzene rings is 1. The molecule has 1 aromatic carbocycles. The lowest BCUT2D eigenvalue weighted by molar-refractivity contribution is 0.0923. The fourth-order valence-corrected chi connectivity index (χ4v) is 3.19. The van der Waals surface area contributed by atoms with E-state index < -0.39 is 0 Å². The van der Waals surface area contributed by atoms with Crippen LogP contribution in [0.15, 0.2) is 46.9 Å². The molecule has 7 heteroatoms. The summed E-state index contributed by atoms with van der Waals surface area (Å²) in [6.45, 7) is 3.36. The Morgan fingerprint density at radius 3 is 2.92 bits per heavy atom. The van der Waals surface area contributed by atoms with Crippen molar-refractivity contribution in [3.63, 3.8) is 0 Å². The number of aryl methyl sites for hydroxylation is 1. The average Bonchev–Trinajstić information content (AvgIpc) is 3.03. The second-order valence-corrected chi connectivity index (χ2v) is 6.11. The summed E-state index contributed by atoms with van der Waals surface area (Å²) in [5.41, 5.74) is 4.84. The van der Waals surface area contributed by atoms with Gasteiger partial charge in [0.2, 0.25) is 0 Å². The van der Waals surface area contributed by atoms with Gasteiger partial charge in [0.05, 0.1) is 0 Å². The molecule has 2 N–H and O–H groups in total. The number of nitrogens with one attached hydrogen (secondary N) is 2. The van der Waals surface area contributed by atoms with Crippen LogP contribution in [0, 0.1) is 6.92 Å². The number of rotatable bonds is 3. The second-order valence-electron chi connectivity index (χ2n) is 6.11. The predicted molar refractivity (Wildman–Crippen MR) is 106 cm³/mol. The van der Waals surface area contributed by atoms with Crippen LogP contribution in [0.1, 0.15) is 33.4 Å². The minimum Gasteiger partial charge on any atom is -0.449 e. The van der Waals surface area contributed by atoms with Crippen molar-refractivity contribution in [2.24, 2.45) is 0 Å². The molecule has 4 rings (SSSR count). The fourth-order valence-electron chi connectivity index (χ4n) is 3.19. The van der Waals surface area contributed by atoms with Crippen molar-refractivity contribution in [2.75, 3.05) is 13.1 Å². The molecular formula is C19H21Cl2N3O2. The molecule has 0 saturated heterocycles. The standard InChI is InChI=1S/C19H19N3O2.2ClH/c1-12-6-7-17-15(22-12)10-18(24-17)19(23)21-11-16-14-5-3-2-4-13(14)8-9-20-16;;/h2-7,10,16,20H,8-9,11H2,1H3,(H,21,23);2*1H. The monoisotopic (exact) mass is 393 g/mol. The summed E-state index contributed by atoms with van der Waals surface area (Å²) >= 11 is 0. The summed E-state index contributed by atoms with van der Waals surface area (Å²) in [6, 6.07) is 13.9. The van der Waals surface area contributed by atoms with Crippen molar-refractivity contribution in [1.82, 2.24) is 15.6 Å². The Labute approximate surface area is 164 Å². The lowest BCUT2D eigenvalue weighted by Crippen LogP contribution is -2.38. The molecule has 26 heavy (non-hydrogen) atoms. The summed E-state index contributed by atoms with van der Waals surface area (Å²) in [5, 5.41) is 6.42. The van der Waals surface area contributed by atoms with Crippen molar-refractivity contribution in [2.45, 2.75) is 19.4 Å². The number of carbonyl (C=O) groups is 1. The maximum atomic E-state index is 12.4. The van der Waals surface area contributed by atoms with Crippen molar-refractivity contribution in [3.8, 4) is 0 Å². The van der Waals surface area contributed by atoms with Gasteiger partial charge in [-0.25, -0.2) is 4.98 Å². The molecule has 1 unspecified atom stereocenters. The topological polar surface area (TPSA) is 67.2 Å². The number of carbonyl (C=O) groups excluding carboxylic acids is 1. The maximum absolute atomic E-state index is 12.4. The van der Waals surface area contributed by atoms with E-state index in [2.05, 4.69) is 33.8 Å². The van der Waals surface area contributed by atoms with E-state index in [4.69, 9.17) is 4.42 Å². The number of aromatic nitrogens is 1. The van der Waals surface area contributed by atoms with Crippen LogP contribution >= 0.6 is 24.8 Å². The number of furan rings is 1. The third kappa shape index (κ3) is 4.01. The first-order valence-corrected chi connectivity index (χ1v) is 8.17. The number of amides is 1. The molecule has 0 bridgehead atoms. The minimum atomic E-state index is -0.212. The van der Waals surface area contributed by atoms with Gasteiger partial charge >= 0.3 is 0 Å². The van der Waals surface area contributed by atoms with E-state index in [1.807, 2.05) is 25.1 Å². The molecule has 3 aromatic rings. The molecule has 0 radical (unpaired) electrons. The lowest BCUT2D eigenvalue weighted by atomic mass is 9.94. The largest absolute Gasteiger partial charge is 0.449 e. The van der Waals surface area contributed by atoms with Gasteiger partial charge in [-0.2, -0.15) is 0 Å². The molecule has 1 aliphatic rings. The Morgan fingerprint density at radius 2 is 2.08 bits per heavy atom. The van der Waals surface area contributed by atoms with E-state index >= 15 is 0 Å². The summed E-state index contributed by atoms with van der Waals surface area (Å²) in [7, 11) is 0. The van der Waals surface area contributed by atoms with E-state index in [9.17, 15) is 4.79 Å². The molecule has 5 nitrogen and oxygen atoms in total. The van der Waals surface area contributed by atoms with Gasteiger partial charge in [-0.3, -0.25) is 4.79 Å². The zero-order valence-electron chi connectivity index (χ0n) is 14.3. The third-order valence-electron chi connectivity index (χ3n) is 4.42. The zero-order valence-corrected chi connectivity index (χ0v) is 16.0. The highest BCUT2D eigenvalue weighted by Crippen LogP contribution is 2.22. The van der Waals surface area contributed by atoms with E-state index in [0.717, 1.165) is 18.7 Å². The number of fused-ring (bicyclic) bond motifs is 2. The van der Waals surface area contributed by atoms with Crippen molar-refractivity contribution >= 4 is 41.8 Å². The number of pyridine rings is 1. The number of hydrogen-bond acceptors (Lipinski definition) is 4. The van der Waals surface area contributed by atoms with Gasteiger partial charge in [0.1, 0.15) is 5.52 Å². The molecule has 2 aromatic heterocycles. The van der Waals surface area contributed by atoms with Crippen LogP contribution in [0.25, 0.3) is 11.1 Å². The van der Waals surface area contributed by atoms with Crippen LogP contribution in [-0.4, -0.2) is 24.0 Å². The smallest absolute Gasteiger partial charge is 0.287 e. The van der Waals surface area contributed by atoms with E-state index in [-0.39, 0.29) is 36.8 Å². The summed E-state index contributed by atoms with van der Waals surface area (Å²) in [6.07, 6.45) is 1.02. The fraction of sp³-hybridized carbons (Fsp3) is 0.263.